The van der Waals surface area contributed by atoms with Crippen LogP contribution >= 0.6 is 0 Å². The summed E-state index contributed by atoms with van der Waals surface area (Å²) in [6.07, 6.45) is 0. The first-order valence-electron chi connectivity index (χ1n) is 4.62. The summed E-state index contributed by atoms with van der Waals surface area (Å²) in [5.74, 6) is 0.878. The van der Waals surface area contributed by atoms with E-state index < -0.39 is 0 Å². The normalized spacial score (nSPS) is 11.1. The zero-order valence-electron chi connectivity index (χ0n) is 9.09. The van der Waals surface area contributed by atoms with Crippen molar-refractivity contribution in [3.8, 4) is 11.5 Å². The third-order valence-corrected chi connectivity index (χ3v) is 1.65. The minimum atomic E-state index is -0.264. The Balaban J connectivity index is 2.99. The number of hydrogen-bond acceptors (Lipinski definition) is 3. The Labute approximate surface area is 84.7 Å². The quantitative estimate of drug-likeness (QED) is 0.713. The zero-order chi connectivity index (χ0) is 10.8. The van der Waals surface area contributed by atoms with Crippen LogP contribution in [0.1, 0.15) is 20.8 Å². The molecule has 2 N–H and O–H groups in total. The lowest BCUT2D eigenvalue weighted by atomic mass is 10.2. The van der Waals surface area contributed by atoms with Crippen LogP contribution in [0.25, 0.3) is 0 Å². The topological polar surface area (TPSA) is 41.5 Å². The van der Waals surface area contributed by atoms with Crippen LogP contribution in [0.15, 0.2) is 18.2 Å². The van der Waals surface area contributed by atoms with Crippen LogP contribution < -0.4 is 10.1 Å². The molecular formula is C11H17NO2. The van der Waals surface area contributed by atoms with Crippen LogP contribution in [0.5, 0.6) is 11.5 Å². The van der Waals surface area contributed by atoms with E-state index in [2.05, 4.69) is 5.32 Å². The lowest BCUT2D eigenvalue weighted by Crippen LogP contribution is -2.23. The van der Waals surface area contributed by atoms with E-state index in [0.717, 1.165) is 5.69 Å². The summed E-state index contributed by atoms with van der Waals surface area (Å²) in [6, 6.07) is 5.02. The Morgan fingerprint density at radius 2 is 1.93 bits per heavy atom. The molecule has 14 heavy (non-hydrogen) atoms. The highest BCUT2D eigenvalue weighted by Crippen LogP contribution is 2.31. The lowest BCUT2D eigenvalue weighted by molar-refractivity contribution is 0.131. The minimum absolute atomic E-state index is 0.211. The van der Waals surface area contributed by atoms with Gasteiger partial charge in [0.05, 0.1) is 5.69 Å². The number of aromatic hydroxyl groups is 1. The SMILES string of the molecule is CNc1ccc(O)cc1OC(C)(C)C. The van der Waals surface area contributed by atoms with Crippen LogP contribution in [-0.2, 0) is 0 Å². The van der Waals surface area contributed by atoms with Crippen molar-refractivity contribution in [3.63, 3.8) is 0 Å². The highest BCUT2D eigenvalue weighted by molar-refractivity contribution is 5.58. The van der Waals surface area contributed by atoms with Crippen molar-refractivity contribution in [2.45, 2.75) is 26.4 Å². The summed E-state index contributed by atoms with van der Waals surface area (Å²) in [6.45, 7) is 5.91. The maximum absolute atomic E-state index is 9.32. The summed E-state index contributed by atoms with van der Waals surface area (Å²) in [4.78, 5) is 0. The van der Waals surface area contributed by atoms with Crippen LogP contribution in [0.3, 0.4) is 0 Å². The number of anilines is 1. The van der Waals surface area contributed by atoms with Gasteiger partial charge in [-0.25, -0.2) is 0 Å². The second-order valence-corrected chi connectivity index (χ2v) is 4.14. The number of rotatable bonds is 2. The summed E-state index contributed by atoms with van der Waals surface area (Å²) in [5, 5.41) is 12.3. The van der Waals surface area contributed by atoms with Gasteiger partial charge in [0.1, 0.15) is 17.1 Å². The van der Waals surface area contributed by atoms with Gasteiger partial charge >= 0.3 is 0 Å². The first-order chi connectivity index (χ1) is 6.42. The maximum Gasteiger partial charge on any atom is 0.146 e. The molecule has 0 radical (unpaired) electrons. The molecular weight excluding hydrogens is 178 g/mol. The Bertz CT molecular complexity index is 316. The molecule has 0 heterocycles. The molecule has 0 fully saturated rings. The monoisotopic (exact) mass is 195 g/mol. The lowest BCUT2D eigenvalue weighted by Gasteiger charge is -2.23. The first kappa shape index (κ1) is 10.7. The minimum Gasteiger partial charge on any atom is -0.508 e. The second-order valence-electron chi connectivity index (χ2n) is 4.14. The molecule has 1 aromatic carbocycles. The molecule has 0 bridgehead atoms. The number of phenolic OH excluding ortho intramolecular Hbond substituents is 1. The standard InChI is InChI=1S/C11H17NO2/c1-11(2,3)14-10-7-8(13)5-6-9(10)12-4/h5-7,12-13H,1-4H3. The molecule has 0 aromatic heterocycles. The molecule has 0 aliphatic heterocycles. The van der Waals surface area contributed by atoms with Crippen molar-refractivity contribution in [1.82, 2.24) is 0 Å². The number of nitrogens with one attached hydrogen (secondary N) is 1. The van der Waals surface area contributed by atoms with Crippen LogP contribution in [0.4, 0.5) is 5.69 Å². The molecule has 0 aliphatic rings. The fraction of sp³-hybridized carbons (Fsp3) is 0.455. The van der Waals surface area contributed by atoms with E-state index in [4.69, 9.17) is 4.74 Å². The fourth-order valence-electron chi connectivity index (χ4n) is 1.13. The molecule has 3 nitrogen and oxygen atoms in total. The number of benzene rings is 1. The van der Waals surface area contributed by atoms with Gasteiger partial charge < -0.3 is 15.2 Å². The summed E-state index contributed by atoms with van der Waals surface area (Å²) in [5.41, 5.74) is 0.608. The molecule has 0 saturated carbocycles. The van der Waals surface area contributed by atoms with Gasteiger partial charge in [-0.2, -0.15) is 0 Å². The molecule has 0 saturated heterocycles. The van der Waals surface area contributed by atoms with E-state index >= 15 is 0 Å². The third kappa shape index (κ3) is 2.83. The second kappa shape index (κ2) is 3.78. The van der Waals surface area contributed by atoms with Crippen molar-refractivity contribution in [2.75, 3.05) is 12.4 Å². The summed E-state index contributed by atoms with van der Waals surface area (Å²) in [7, 11) is 1.82. The van der Waals surface area contributed by atoms with Gasteiger partial charge in [-0.15, -0.1) is 0 Å². The number of phenols is 1. The van der Waals surface area contributed by atoms with E-state index in [0.29, 0.717) is 5.75 Å². The molecule has 0 unspecified atom stereocenters. The average molecular weight is 195 g/mol. The molecule has 0 atom stereocenters. The number of hydrogen-bond donors (Lipinski definition) is 2. The van der Waals surface area contributed by atoms with Crippen molar-refractivity contribution >= 4 is 5.69 Å². The Morgan fingerprint density at radius 3 is 2.43 bits per heavy atom. The van der Waals surface area contributed by atoms with Gasteiger partial charge in [0.25, 0.3) is 0 Å². The van der Waals surface area contributed by atoms with E-state index in [1.165, 1.54) is 0 Å². The predicted octanol–water partition coefficient (Wildman–Crippen LogP) is 2.61. The summed E-state index contributed by atoms with van der Waals surface area (Å²) < 4.78 is 5.68. The Hall–Kier alpha value is -1.38. The highest BCUT2D eigenvalue weighted by Gasteiger charge is 2.14. The predicted molar refractivity (Wildman–Crippen MR) is 58.0 cm³/mol. The molecule has 0 aliphatic carbocycles. The molecule has 78 valence electrons. The fourth-order valence-corrected chi connectivity index (χ4v) is 1.13. The van der Waals surface area contributed by atoms with Gasteiger partial charge in [-0.3, -0.25) is 0 Å². The summed E-state index contributed by atoms with van der Waals surface area (Å²) >= 11 is 0. The van der Waals surface area contributed by atoms with E-state index in [1.54, 1.807) is 18.2 Å². The average Bonchev–Trinajstić information content (AvgIpc) is 2.01. The molecule has 1 aromatic rings. The van der Waals surface area contributed by atoms with Gasteiger partial charge in [0.15, 0.2) is 0 Å². The van der Waals surface area contributed by atoms with Gasteiger partial charge in [0, 0.05) is 13.1 Å². The molecule has 3 heteroatoms. The number of ether oxygens (including phenoxy) is 1. The third-order valence-electron chi connectivity index (χ3n) is 1.65. The Morgan fingerprint density at radius 1 is 1.29 bits per heavy atom. The van der Waals surface area contributed by atoms with Crippen LogP contribution in [-0.4, -0.2) is 17.8 Å². The van der Waals surface area contributed by atoms with Crippen molar-refractivity contribution in [3.05, 3.63) is 18.2 Å². The van der Waals surface area contributed by atoms with E-state index in [-0.39, 0.29) is 11.4 Å². The molecule has 0 spiro atoms. The van der Waals surface area contributed by atoms with Crippen molar-refractivity contribution in [1.29, 1.82) is 0 Å². The maximum atomic E-state index is 9.32. The largest absolute Gasteiger partial charge is 0.508 e. The molecule has 1 rings (SSSR count). The smallest absolute Gasteiger partial charge is 0.146 e. The van der Waals surface area contributed by atoms with Gasteiger partial charge in [-0.1, -0.05) is 0 Å². The Kier molecular flexibility index (Phi) is 2.89. The van der Waals surface area contributed by atoms with Crippen molar-refractivity contribution < 1.29 is 9.84 Å². The molecule has 0 amide bonds. The van der Waals surface area contributed by atoms with Gasteiger partial charge in [0.2, 0.25) is 0 Å². The van der Waals surface area contributed by atoms with Gasteiger partial charge in [-0.05, 0) is 32.9 Å². The first-order valence-corrected chi connectivity index (χ1v) is 4.62. The van der Waals surface area contributed by atoms with Crippen molar-refractivity contribution in [2.24, 2.45) is 0 Å². The van der Waals surface area contributed by atoms with E-state index in [1.807, 2.05) is 27.8 Å². The van der Waals surface area contributed by atoms with Crippen LogP contribution in [0, 0.1) is 0 Å². The van der Waals surface area contributed by atoms with Crippen LogP contribution in [0.2, 0.25) is 0 Å². The highest BCUT2D eigenvalue weighted by atomic mass is 16.5. The zero-order valence-corrected chi connectivity index (χ0v) is 9.09. The van der Waals surface area contributed by atoms with E-state index in [9.17, 15) is 5.11 Å².